The Morgan fingerprint density at radius 2 is 2.25 bits per heavy atom. The molecule has 0 saturated heterocycles. The van der Waals surface area contributed by atoms with Gasteiger partial charge in [-0.25, -0.2) is 9.67 Å². The molecule has 2 aromatic heterocycles. The highest BCUT2D eigenvalue weighted by atomic mass is 35.5. The van der Waals surface area contributed by atoms with Crippen LogP contribution in [0.1, 0.15) is 0 Å². The minimum atomic E-state index is -0.287. The van der Waals surface area contributed by atoms with Gasteiger partial charge in [-0.05, 0) is 18.2 Å². The Bertz CT molecular complexity index is 890. The smallest absolute Gasteiger partial charge is 0.265 e. The first-order valence-electron chi connectivity index (χ1n) is 5.77. The van der Waals surface area contributed by atoms with E-state index in [9.17, 15) is 4.79 Å². The molecule has 7 heteroatoms. The van der Waals surface area contributed by atoms with Crippen LogP contribution in [0.5, 0.6) is 0 Å². The second-order valence-corrected chi connectivity index (χ2v) is 4.55. The second-order valence-electron chi connectivity index (χ2n) is 4.11. The Balaban J connectivity index is 2.23. The normalized spacial score (nSPS) is 10.6. The molecule has 20 heavy (non-hydrogen) atoms. The van der Waals surface area contributed by atoms with Gasteiger partial charge in [0.2, 0.25) is 0 Å². The van der Waals surface area contributed by atoms with Gasteiger partial charge >= 0.3 is 0 Å². The van der Waals surface area contributed by atoms with E-state index in [0.29, 0.717) is 16.1 Å². The molecule has 0 spiro atoms. The first kappa shape index (κ1) is 12.4. The lowest BCUT2D eigenvalue weighted by atomic mass is 10.3. The van der Waals surface area contributed by atoms with Gasteiger partial charge in [-0.2, -0.15) is 10.4 Å². The number of aromatic nitrogens is 4. The van der Waals surface area contributed by atoms with Crippen LogP contribution in [0.2, 0.25) is 5.02 Å². The van der Waals surface area contributed by atoms with Gasteiger partial charge in [-0.15, -0.1) is 0 Å². The third-order valence-electron chi connectivity index (χ3n) is 2.85. The van der Waals surface area contributed by atoms with Crippen LogP contribution in [0.25, 0.3) is 16.7 Å². The molecular formula is C13H8ClN5O. The fourth-order valence-electron chi connectivity index (χ4n) is 1.93. The largest absolute Gasteiger partial charge is 0.285 e. The van der Waals surface area contributed by atoms with E-state index in [1.54, 1.807) is 22.9 Å². The standard InChI is InChI=1S/C13H8ClN5O/c14-9-2-1-3-10(6-9)19-12-11(7-17-19)13(20)18(5-4-15)8-16-12/h1-3,6-8H,5H2. The average Bonchev–Trinajstić information content (AvgIpc) is 2.87. The van der Waals surface area contributed by atoms with Crippen LogP contribution >= 0.6 is 11.6 Å². The summed E-state index contributed by atoms with van der Waals surface area (Å²) in [7, 11) is 0. The van der Waals surface area contributed by atoms with E-state index in [1.807, 2.05) is 12.1 Å². The number of hydrogen-bond donors (Lipinski definition) is 0. The quantitative estimate of drug-likeness (QED) is 0.719. The molecule has 0 N–H and O–H groups in total. The molecule has 2 heterocycles. The number of benzene rings is 1. The van der Waals surface area contributed by atoms with Gasteiger partial charge in [0.15, 0.2) is 5.65 Å². The highest BCUT2D eigenvalue weighted by Gasteiger charge is 2.11. The summed E-state index contributed by atoms with van der Waals surface area (Å²) in [6.07, 6.45) is 2.79. The maximum Gasteiger partial charge on any atom is 0.265 e. The van der Waals surface area contributed by atoms with Crippen molar-refractivity contribution in [2.24, 2.45) is 0 Å². The lowest BCUT2D eigenvalue weighted by Gasteiger charge is -2.04. The van der Waals surface area contributed by atoms with Gasteiger partial charge < -0.3 is 0 Å². The molecule has 0 aliphatic rings. The predicted molar refractivity (Wildman–Crippen MR) is 73.7 cm³/mol. The monoisotopic (exact) mass is 285 g/mol. The Labute approximate surface area is 118 Å². The van der Waals surface area contributed by atoms with Gasteiger partial charge in [-0.3, -0.25) is 9.36 Å². The zero-order chi connectivity index (χ0) is 14.1. The van der Waals surface area contributed by atoms with Crippen molar-refractivity contribution in [3.8, 4) is 11.8 Å². The lowest BCUT2D eigenvalue weighted by Crippen LogP contribution is -2.19. The van der Waals surface area contributed by atoms with Crippen LogP contribution in [0.3, 0.4) is 0 Å². The van der Waals surface area contributed by atoms with Gasteiger partial charge in [-0.1, -0.05) is 17.7 Å². The van der Waals surface area contributed by atoms with E-state index in [2.05, 4.69) is 10.1 Å². The van der Waals surface area contributed by atoms with Gasteiger partial charge in [0.05, 0.1) is 18.0 Å². The summed E-state index contributed by atoms with van der Waals surface area (Å²) in [6, 6.07) is 9.01. The van der Waals surface area contributed by atoms with Crippen LogP contribution in [-0.2, 0) is 6.54 Å². The van der Waals surface area contributed by atoms with Crippen molar-refractivity contribution in [2.75, 3.05) is 0 Å². The molecule has 98 valence electrons. The van der Waals surface area contributed by atoms with Gasteiger partial charge in [0, 0.05) is 5.02 Å². The molecule has 0 bridgehead atoms. The summed E-state index contributed by atoms with van der Waals surface area (Å²) in [6.45, 7) is -0.0376. The highest BCUT2D eigenvalue weighted by Crippen LogP contribution is 2.17. The molecule has 0 atom stereocenters. The number of rotatable bonds is 2. The van der Waals surface area contributed by atoms with Gasteiger partial charge in [0.25, 0.3) is 5.56 Å². The van der Waals surface area contributed by atoms with Crippen molar-refractivity contribution in [1.29, 1.82) is 5.26 Å². The molecule has 0 aliphatic heterocycles. The van der Waals surface area contributed by atoms with Crippen LogP contribution in [0.15, 0.2) is 41.6 Å². The molecule has 6 nitrogen and oxygen atoms in total. The number of halogens is 1. The summed E-state index contributed by atoms with van der Waals surface area (Å²) in [5.74, 6) is 0. The van der Waals surface area contributed by atoms with Crippen LogP contribution in [0.4, 0.5) is 0 Å². The van der Waals surface area contributed by atoms with Crippen molar-refractivity contribution in [3.63, 3.8) is 0 Å². The molecular weight excluding hydrogens is 278 g/mol. The molecule has 0 aliphatic carbocycles. The summed E-state index contributed by atoms with van der Waals surface area (Å²) in [5.41, 5.74) is 0.869. The first-order valence-corrected chi connectivity index (χ1v) is 6.14. The molecule has 0 fully saturated rings. The zero-order valence-corrected chi connectivity index (χ0v) is 10.9. The zero-order valence-electron chi connectivity index (χ0n) is 10.2. The van der Waals surface area contributed by atoms with E-state index in [-0.39, 0.29) is 12.1 Å². The fraction of sp³-hybridized carbons (Fsp3) is 0.0769. The Morgan fingerprint density at radius 3 is 3.00 bits per heavy atom. The van der Waals surface area contributed by atoms with Crippen molar-refractivity contribution in [3.05, 3.63) is 52.2 Å². The molecule has 0 radical (unpaired) electrons. The Morgan fingerprint density at radius 1 is 1.40 bits per heavy atom. The van der Waals surface area contributed by atoms with E-state index in [1.165, 1.54) is 17.1 Å². The first-order chi connectivity index (χ1) is 9.70. The van der Waals surface area contributed by atoms with Crippen LogP contribution in [-0.4, -0.2) is 19.3 Å². The minimum Gasteiger partial charge on any atom is -0.285 e. The maximum atomic E-state index is 12.1. The fourth-order valence-corrected chi connectivity index (χ4v) is 2.12. The van der Waals surface area contributed by atoms with E-state index >= 15 is 0 Å². The topological polar surface area (TPSA) is 76.5 Å². The second kappa shape index (κ2) is 4.79. The number of nitrogens with zero attached hydrogens (tertiary/aromatic N) is 5. The number of fused-ring (bicyclic) bond motifs is 1. The SMILES string of the molecule is N#CCn1cnc2c(cnn2-c2cccc(Cl)c2)c1=O. The van der Waals surface area contributed by atoms with Crippen molar-refractivity contribution < 1.29 is 0 Å². The number of nitriles is 1. The minimum absolute atomic E-state index is 0.0376. The molecule has 3 aromatic rings. The van der Waals surface area contributed by atoms with E-state index in [0.717, 1.165) is 5.69 Å². The predicted octanol–water partition coefficient (Wildman–Crippen LogP) is 1.76. The molecule has 0 unspecified atom stereocenters. The number of hydrogen-bond acceptors (Lipinski definition) is 4. The summed E-state index contributed by atoms with van der Waals surface area (Å²) >= 11 is 5.95. The molecule has 1 aromatic carbocycles. The van der Waals surface area contributed by atoms with Crippen molar-refractivity contribution in [2.45, 2.75) is 6.54 Å². The van der Waals surface area contributed by atoms with Crippen LogP contribution < -0.4 is 5.56 Å². The maximum absolute atomic E-state index is 12.1. The molecule has 0 amide bonds. The van der Waals surface area contributed by atoms with Gasteiger partial charge in [0.1, 0.15) is 18.3 Å². The molecule has 3 rings (SSSR count). The Hall–Kier alpha value is -2.65. The summed E-state index contributed by atoms with van der Waals surface area (Å²) < 4.78 is 2.78. The summed E-state index contributed by atoms with van der Waals surface area (Å²) in [4.78, 5) is 16.3. The highest BCUT2D eigenvalue weighted by molar-refractivity contribution is 6.30. The Kier molecular flexibility index (Phi) is 2.97. The van der Waals surface area contributed by atoms with Crippen LogP contribution in [0, 0.1) is 11.3 Å². The van der Waals surface area contributed by atoms with Crippen molar-refractivity contribution >= 4 is 22.6 Å². The lowest BCUT2D eigenvalue weighted by molar-refractivity contribution is 0.771. The van der Waals surface area contributed by atoms with Crippen molar-refractivity contribution in [1.82, 2.24) is 19.3 Å². The van der Waals surface area contributed by atoms with E-state index in [4.69, 9.17) is 16.9 Å². The third kappa shape index (κ3) is 1.94. The molecule has 0 saturated carbocycles. The third-order valence-corrected chi connectivity index (χ3v) is 3.08. The summed E-state index contributed by atoms with van der Waals surface area (Å²) in [5, 5.41) is 13.8. The van der Waals surface area contributed by atoms with E-state index < -0.39 is 0 Å². The average molecular weight is 286 g/mol.